The molecule has 0 spiro atoms. The number of esters is 1. The lowest BCUT2D eigenvalue weighted by Crippen LogP contribution is -2.09. The summed E-state index contributed by atoms with van der Waals surface area (Å²) in [7, 11) is 1.57. The van der Waals surface area contributed by atoms with Gasteiger partial charge in [-0.05, 0) is 12.8 Å². The van der Waals surface area contributed by atoms with Gasteiger partial charge in [-0.3, -0.25) is 4.79 Å². The molecule has 98 valence electrons. The van der Waals surface area contributed by atoms with Gasteiger partial charge in [0, 0.05) is 13.5 Å². The van der Waals surface area contributed by atoms with E-state index in [0.29, 0.717) is 26.2 Å². The van der Waals surface area contributed by atoms with E-state index in [2.05, 4.69) is 4.99 Å². The Kier molecular flexibility index (Phi) is 12.0. The molecular weight excluding hydrogens is 222 g/mol. The average molecular weight is 243 g/mol. The standard InChI is InChI=1S/C12H21NO4/c1-16-9-10-17-12(15)7-5-3-2-4-6-8-13-11-14/h2-10H2,1H3. The fourth-order valence-corrected chi connectivity index (χ4v) is 1.35. The van der Waals surface area contributed by atoms with E-state index < -0.39 is 0 Å². The SMILES string of the molecule is COCCOC(=O)CCCCCCCN=C=O. The predicted octanol–water partition coefficient (Wildman–Crippen LogP) is 1.85. The molecule has 17 heavy (non-hydrogen) atoms. The molecule has 0 saturated carbocycles. The highest BCUT2D eigenvalue weighted by Gasteiger charge is 2.01. The van der Waals surface area contributed by atoms with Crippen LogP contribution in [0.15, 0.2) is 4.99 Å². The van der Waals surface area contributed by atoms with E-state index in [4.69, 9.17) is 9.47 Å². The van der Waals surface area contributed by atoms with Gasteiger partial charge in [-0.1, -0.05) is 19.3 Å². The van der Waals surface area contributed by atoms with E-state index in [9.17, 15) is 9.59 Å². The van der Waals surface area contributed by atoms with Crippen LogP contribution in [0.3, 0.4) is 0 Å². The molecule has 0 aromatic rings. The van der Waals surface area contributed by atoms with Gasteiger partial charge in [0.05, 0.1) is 13.2 Å². The van der Waals surface area contributed by atoms with E-state index in [1.54, 1.807) is 7.11 Å². The first-order valence-electron chi connectivity index (χ1n) is 5.99. The maximum atomic E-state index is 11.2. The van der Waals surface area contributed by atoms with Gasteiger partial charge in [-0.25, -0.2) is 9.79 Å². The van der Waals surface area contributed by atoms with E-state index in [1.165, 1.54) is 6.08 Å². The Morgan fingerprint density at radius 1 is 1.12 bits per heavy atom. The third-order valence-corrected chi connectivity index (χ3v) is 2.27. The zero-order valence-corrected chi connectivity index (χ0v) is 10.4. The Balaban J connectivity index is 3.16. The van der Waals surface area contributed by atoms with E-state index in [1.807, 2.05) is 0 Å². The molecular formula is C12H21NO4. The lowest BCUT2D eigenvalue weighted by atomic mass is 10.1. The van der Waals surface area contributed by atoms with Crippen LogP contribution in [0.25, 0.3) is 0 Å². The Hall–Kier alpha value is -1.19. The number of ether oxygens (including phenoxy) is 2. The molecule has 0 aliphatic carbocycles. The number of nitrogens with zero attached hydrogens (tertiary/aromatic N) is 1. The first-order chi connectivity index (χ1) is 8.31. The molecule has 0 aromatic heterocycles. The Morgan fingerprint density at radius 2 is 1.82 bits per heavy atom. The van der Waals surface area contributed by atoms with Crippen molar-refractivity contribution in [2.24, 2.45) is 4.99 Å². The summed E-state index contributed by atoms with van der Waals surface area (Å²) in [6, 6.07) is 0. The molecule has 0 radical (unpaired) electrons. The van der Waals surface area contributed by atoms with Gasteiger partial charge in [0.2, 0.25) is 6.08 Å². The number of hydrogen-bond donors (Lipinski definition) is 0. The third kappa shape index (κ3) is 12.7. The highest BCUT2D eigenvalue weighted by molar-refractivity contribution is 5.69. The molecule has 0 atom stereocenters. The smallest absolute Gasteiger partial charge is 0.305 e. The topological polar surface area (TPSA) is 65.0 Å². The number of rotatable bonds is 11. The molecule has 0 rings (SSSR count). The Morgan fingerprint density at radius 3 is 2.53 bits per heavy atom. The number of isocyanates is 1. The molecule has 0 aromatic carbocycles. The van der Waals surface area contributed by atoms with Crippen molar-refractivity contribution in [3.63, 3.8) is 0 Å². The van der Waals surface area contributed by atoms with E-state index >= 15 is 0 Å². The number of unbranched alkanes of at least 4 members (excludes halogenated alkanes) is 4. The second-order valence-corrected chi connectivity index (χ2v) is 3.70. The molecule has 0 unspecified atom stereocenters. The van der Waals surface area contributed by atoms with Crippen LogP contribution in [-0.4, -0.2) is 38.9 Å². The second-order valence-electron chi connectivity index (χ2n) is 3.70. The minimum absolute atomic E-state index is 0.160. The maximum absolute atomic E-state index is 11.2. The summed E-state index contributed by atoms with van der Waals surface area (Å²) >= 11 is 0. The van der Waals surface area contributed by atoms with Crippen molar-refractivity contribution in [3.8, 4) is 0 Å². The molecule has 0 aliphatic rings. The number of aliphatic imine (C=N–C) groups is 1. The van der Waals surface area contributed by atoms with Crippen LogP contribution in [0.1, 0.15) is 38.5 Å². The predicted molar refractivity (Wildman–Crippen MR) is 63.5 cm³/mol. The van der Waals surface area contributed by atoms with E-state index in [0.717, 1.165) is 32.1 Å². The van der Waals surface area contributed by atoms with Gasteiger partial charge < -0.3 is 9.47 Å². The summed E-state index contributed by atoms with van der Waals surface area (Å²) in [5.41, 5.74) is 0. The highest BCUT2D eigenvalue weighted by Crippen LogP contribution is 2.06. The van der Waals surface area contributed by atoms with Crippen LogP contribution >= 0.6 is 0 Å². The molecule has 0 heterocycles. The zero-order chi connectivity index (χ0) is 12.8. The summed E-state index contributed by atoms with van der Waals surface area (Å²) in [5.74, 6) is -0.160. The molecule has 0 amide bonds. The third-order valence-electron chi connectivity index (χ3n) is 2.27. The molecule has 0 N–H and O–H groups in total. The van der Waals surface area contributed by atoms with Crippen LogP contribution in [0.2, 0.25) is 0 Å². The molecule has 5 heteroatoms. The van der Waals surface area contributed by atoms with Gasteiger partial charge in [-0.2, -0.15) is 0 Å². The quantitative estimate of drug-likeness (QED) is 0.240. The lowest BCUT2D eigenvalue weighted by Gasteiger charge is -2.03. The van der Waals surface area contributed by atoms with Crippen LogP contribution in [0, 0.1) is 0 Å². The normalized spacial score (nSPS) is 9.71. The Bertz CT molecular complexity index is 237. The van der Waals surface area contributed by atoms with Gasteiger partial charge in [0.25, 0.3) is 0 Å². The molecule has 0 bridgehead atoms. The fourth-order valence-electron chi connectivity index (χ4n) is 1.35. The second kappa shape index (κ2) is 12.9. The van der Waals surface area contributed by atoms with Crippen LogP contribution in [0.5, 0.6) is 0 Å². The van der Waals surface area contributed by atoms with Crippen molar-refractivity contribution in [2.75, 3.05) is 26.9 Å². The zero-order valence-electron chi connectivity index (χ0n) is 10.4. The minimum Gasteiger partial charge on any atom is -0.463 e. The van der Waals surface area contributed by atoms with Crippen molar-refractivity contribution in [2.45, 2.75) is 38.5 Å². The van der Waals surface area contributed by atoms with Crippen molar-refractivity contribution in [3.05, 3.63) is 0 Å². The van der Waals surface area contributed by atoms with Crippen molar-refractivity contribution >= 4 is 12.0 Å². The highest BCUT2D eigenvalue weighted by atomic mass is 16.6. The summed E-state index contributed by atoms with van der Waals surface area (Å²) in [4.78, 5) is 24.4. The number of carbonyl (C=O) groups is 1. The van der Waals surface area contributed by atoms with Crippen LogP contribution in [0.4, 0.5) is 0 Å². The van der Waals surface area contributed by atoms with Gasteiger partial charge in [0.1, 0.15) is 6.61 Å². The lowest BCUT2D eigenvalue weighted by molar-refractivity contribution is -0.145. The first kappa shape index (κ1) is 15.8. The summed E-state index contributed by atoms with van der Waals surface area (Å²) in [6.45, 7) is 1.34. The summed E-state index contributed by atoms with van der Waals surface area (Å²) in [6.07, 6.45) is 6.83. The number of carbonyl (C=O) groups excluding carboxylic acids is 2. The van der Waals surface area contributed by atoms with Crippen molar-refractivity contribution in [1.82, 2.24) is 0 Å². The average Bonchev–Trinajstić information content (AvgIpc) is 2.33. The minimum atomic E-state index is -0.160. The van der Waals surface area contributed by atoms with Gasteiger partial charge >= 0.3 is 5.97 Å². The molecule has 5 nitrogen and oxygen atoms in total. The number of methoxy groups -OCH3 is 1. The molecule has 0 fully saturated rings. The van der Waals surface area contributed by atoms with Gasteiger partial charge in [-0.15, -0.1) is 0 Å². The van der Waals surface area contributed by atoms with Crippen molar-refractivity contribution in [1.29, 1.82) is 0 Å². The van der Waals surface area contributed by atoms with Crippen LogP contribution < -0.4 is 0 Å². The van der Waals surface area contributed by atoms with E-state index in [-0.39, 0.29) is 5.97 Å². The molecule has 0 aliphatic heterocycles. The Labute approximate surface area is 102 Å². The van der Waals surface area contributed by atoms with Crippen LogP contribution in [-0.2, 0) is 19.1 Å². The fraction of sp³-hybridized carbons (Fsp3) is 0.833. The summed E-state index contributed by atoms with van der Waals surface area (Å²) in [5, 5.41) is 0. The number of hydrogen-bond acceptors (Lipinski definition) is 5. The van der Waals surface area contributed by atoms with Gasteiger partial charge in [0.15, 0.2) is 0 Å². The maximum Gasteiger partial charge on any atom is 0.305 e. The monoisotopic (exact) mass is 243 g/mol. The van der Waals surface area contributed by atoms with Crippen molar-refractivity contribution < 1.29 is 19.1 Å². The summed E-state index contributed by atoms with van der Waals surface area (Å²) < 4.78 is 9.69. The largest absolute Gasteiger partial charge is 0.463 e. The molecule has 0 saturated heterocycles. The first-order valence-corrected chi connectivity index (χ1v) is 5.99.